The first-order chi connectivity index (χ1) is 12.6. The Balaban J connectivity index is 0. The van der Waals surface area contributed by atoms with E-state index in [0.29, 0.717) is 13.1 Å². The number of carboxylic acid groups (broad SMARTS) is 4. The fraction of sp³-hybridized carbons (Fsp3) is 0.714. The summed E-state index contributed by atoms with van der Waals surface area (Å²) in [6.07, 6.45) is 0. The smallest absolute Gasteiger partial charge is 0.317 e. The van der Waals surface area contributed by atoms with Gasteiger partial charge in [-0.25, -0.2) is 0 Å². The van der Waals surface area contributed by atoms with Crippen LogP contribution in [0.1, 0.15) is 0 Å². The minimum Gasteiger partial charge on any atom is -0.480 e. The van der Waals surface area contributed by atoms with Gasteiger partial charge >= 0.3 is 23.9 Å². The van der Waals surface area contributed by atoms with Gasteiger partial charge in [0.05, 0.1) is 32.8 Å². The molecule has 0 unspecified atom stereocenters. The van der Waals surface area contributed by atoms with E-state index in [0.717, 1.165) is 16.3 Å². The lowest BCUT2D eigenvalue weighted by Gasteiger charge is -2.23. The molecular weight excluding hydrogens is 368 g/mol. The Labute approximate surface area is 156 Å². The second-order valence-electron chi connectivity index (χ2n) is 5.26. The van der Waals surface area contributed by atoms with Gasteiger partial charge in [0.15, 0.2) is 0 Å². The number of aliphatic hydroxyl groups excluding tert-OH is 1. The van der Waals surface area contributed by atoms with Crippen molar-refractivity contribution >= 4 is 23.9 Å². The Morgan fingerprint density at radius 3 is 1.26 bits per heavy atom. The molecule has 0 bridgehead atoms. The lowest BCUT2D eigenvalue weighted by atomic mass is 10.4. The summed E-state index contributed by atoms with van der Waals surface area (Å²) in [6, 6.07) is 0. The van der Waals surface area contributed by atoms with Gasteiger partial charge in [0.2, 0.25) is 0 Å². The lowest BCUT2D eigenvalue weighted by Crippen LogP contribution is -2.43. The van der Waals surface area contributed by atoms with E-state index in [9.17, 15) is 19.2 Å². The predicted octanol–water partition coefficient (Wildman–Crippen LogP) is -3.54. The molecule has 0 saturated carbocycles. The summed E-state index contributed by atoms with van der Waals surface area (Å²) in [5, 5.41) is 45.6. The van der Waals surface area contributed by atoms with E-state index in [4.69, 9.17) is 31.3 Å². The molecule has 13 heteroatoms. The van der Waals surface area contributed by atoms with E-state index in [1.807, 2.05) is 0 Å². The molecule has 0 amide bonds. The van der Waals surface area contributed by atoms with Crippen molar-refractivity contribution in [3.05, 3.63) is 0 Å². The van der Waals surface area contributed by atoms with Gasteiger partial charge in [0.25, 0.3) is 0 Å². The second-order valence-corrected chi connectivity index (χ2v) is 5.26. The summed E-state index contributed by atoms with van der Waals surface area (Å²) < 4.78 is 0. The first-order valence-corrected chi connectivity index (χ1v) is 7.95. The van der Waals surface area contributed by atoms with Crippen LogP contribution in [-0.4, -0.2) is 125 Å². The van der Waals surface area contributed by atoms with Crippen molar-refractivity contribution in [2.75, 3.05) is 65.5 Å². The average Bonchev–Trinajstić information content (AvgIpc) is 2.51. The summed E-state index contributed by atoms with van der Waals surface area (Å²) in [4.78, 5) is 44.4. The van der Waals surface area contributed by atoms with E-state index >= 15 is 0 Å². The minimum absolute atomic E-state index is 0.0703. The van der Waals surface area contributed by atoms with Crippen LogP contribution in [0, 0.1) is 0 Å². The number of rotatable bonds is 15. The molecule has 0 aliphatic heterocycles. The van der Waals surface area contributed by atoms with Crippen LogP contribution in [0.2, 0.25) is 0 Å². The van der Waals surface area contributed by atoms with Crippen LogP contribution in [-0.2, 0) is 19.2 Å². The van der Waals surface area contributed by atoms with Crippen LogP contribution in [0.15, 0.2) is 0 Å². The molecule has 0 saturated heterocycles. The van der Waals surface area contributed by atoms with Crippen molar-refractivity contribution in [3.8, 4) is 0 Å². The summed E-state index contributed by atoms with van der Waals surface area (Å²) in [7, 11) is 0. The number of hydrogen-bond acceptors (Lipinski definition) is 9. The van der Waals surface area contributed by atoms with Gasteiger partial charge in [-0.2, -0.15) is 0 Å². The Morgan fingerprint density at radius 1 is 0.704 bits per heavy atom. The van der Waals surface area contributed by atoms with Crippen LogP contribution in [0.5, 0.6) is 0 Å². The number of nitrogens with one attached hydrogen (secondary N) is 1. The topological polar surface area (TPSA) is 214 Å². The van der Waals surface area contributed by atoms with Gasteiger partial charge in [-0.05, 0) is 0 Å². The fourth-order valence-corrected chi connectivity index (χ4v) is 1.78. The maximum Gasteiger partial charge on any atom is 0.317 e. The molecule has 0 radical (unpaired) electrons. The van der Waals surface area contributed by atoms with Crippen molar-refractivity contribution in [3.63, 3.8) is 0 Å². The zero-order chi connectivity index (χ0) is 21.2. The van der Waals surface area contributed by atoms with Gasteiger partial charge in [-0.3, -0.25) is 29.0 Å². The summed E-state index contributed by atoms with van der Waals surface area (Å²) in [6.45, 7) is 0.0250. The number of carboxylic acids is 4. The quantitative estimate of drug-likeness (QED) is 0.134. The van der Waals surface area contributed by atoms with Gasteiger partial charge in [-0.1, -0.05) is 0 Å². The average molecular weight is 396 g/mol. The van der Waals surface area contributed by atoms with Crippen LogP contribution in [0.25, 0.3) is 0 Å². The van der Waals surface area contributed by atoms with Gasteiger partial charge in [0.1, 0.15) is 0 Å². The SMILES string of the molecule is NCCNCCO.O=C(O)CN(CCN(CC(=O)O)CC(=O)O)CC(=O)O. The normalized spacial score (nSPS) is 10.4. The number of aliphatic carboxylic acids is 4. The lowest BCUT2D eigenvalue weighted by molar-refractivity contribution is -0.145. The molecule has 0 aromatic rings. The largest absolute Gasteiger partial charge is 0.480 e. The van der Waals surface area contributed by atoms with Crippen molar-refractivity contribution in [1.29, 1.82) is 0 Å². The molecule has 0 atom stereocenters. The van der Waals surface area contributed by atoms with E-state index in [2.05, 4.69) is 5.32 Å². The number of nitrogens with two attached hydrogens (primary N) is 1. The minimum atomic E-state index is -1.23. The Kier molecular flexibility index (Phi) is 17.1. The fourth-order valence-electron chi connectivity index (χ4n) is 1.78. The van der Waals surface area contributed by atoms with E-state index in [-0.39, 0.29) is 19.7 Å². The molecule has 0 rings (SSSR count). The highest BCUT2D eigenvalue weighted by Crippen LogP contribution is 1.94. The maximum absolute atomic E-state index is 10.6. The van der Waals surface area contributed by atoms with E-state index in [1.54, 1.807) is 0 Å². The number of nitrogens with zero attached hydrogens (tertiary/aromatic N) is 2. The van der Waals surface area contributed by atoms with Gasteiger partial charge in [-0.15, -0.1) is 0 Å². The molecule has 0 aliphatic carbocycles. The first-order valence-electron chi connectivity index (χ1n) is 7.95. The molecule has 0 aromatic heterocycles. The predicted molar refractivity (Wildman–Crippen MR) is 92.4 cm³/mol. The molecule has 8 N–H and O–H groups in total. The zero-order valence-corrected chi connectivity index (χ0v) is 14.9. The van der Waals surface area contributed by atoms with Crippen molar-refractivity contribution in [1.82, 2.24) is 15.1 Å². The summed E-state index contributed by atoms with van der Waals surface area (Å²) in [5.74, 6) is -4.91. The van der Waals surface area contributed by atoms with Crippen molar-refractivity contribution in [2.24, 2.45) is 5.73 Å². The molecular formula is C14H28N4O9. The number of carbonyl (C=O) groups is 4. The zero-order valence-electron chi connectivity index (χ0n) is 14.9. The Hall–Kier alpha value is -2.32. The van der Waals surface area contributed by atoms with Gasteiger partial charge in [0, 0.05) is 32.7 Å². The second kappa shape index (κ2) is 17.1. The Morgan fingerprint density at radius 2 is 1.04 bits per heavy atom. The Bertz CT molecular complexity index is 390. The molecule has 0 aromatic carbocycles. The van der Waals surface area contributed by atoms with Crippen LogP contribution in [0.4, 0.5) is 0 Å². The third-order valence-corrected chi connectivity index (χ3v) is 2.78. The number of aliphatic hydroxyl groups is 1. The third-order valence-electron chi connectivity index (χ3n) is 2.78. The molecule has 0 heterocycles. The molecule has 0 fully saturated rings. The molecule has 13 nitrogen and oxygen atoms in total. The highest BCUT2D eigenvalue weighted by atomic mass is 16.4. The van der Waals surface area contributed by atoms with E-state index in [1.165, 1.54) is 0 Å². The number of hydrogen-bond donors (Lipinski definition) is 7. The maximum atomic E-state index is 10.6. The molecule has 0 aliphatic rings. The molecule has 158 valence electrons. The van der Waals surface area contributed by atoms with Crippen LogP contribution in [0.3, 0.4) is 0 Å². The van der Waals surface area contributed by atoms with E-state index < -0.39 is 50.1 Å². The summed E-state index contributed by atoms with van der Waals surface area (Å²) in [5.41, 5.74) is 5.13. The third kappa shape index (κ3) is 21.6. The molecule has 27 heavy (non-hydrogen) atoms. The highest BCUT2D eigenvalue weighted by molar-refractivity contribution is 5.73. The van der Waals surface area contributed by atoms with Crippen molar-refractivity contribution < 1.29 is 44.7 Å². The van der Waals surface area contributed by atoms with Crippen molar-refractivity contribution in [2.45, 2.75) is 0 Å². The van der Waals surface area contributed by atoms with Gasteiger partial charge < -0.3 is 36.6 Å². The standard InChI is InChI=1S/C10H16N2O8.C4H12N2O/c13-7(14)3-11(4-8(15)16)1-2-12(5-9(17)18)6-10(19)20;5-1-2-6-3-4-7/h1-6H2,(H,13,14)(H,15,16)(H,17,18)(H,19,20);6-7H,1-5H2. The first kappa shape index (κ1) is 26.9. The monoisotopic (exact) mass is 396 g/mol. The summed E-state index contributed by atoms with van der Waals surface area (Å²) >= 11 is 0. The highest BCUT2D eigenvalue weighted by Gasteiger charge is 2.17. The van der Waals surface area contributed by atoms with Crippen LogP contribution >= 0.6 is 0 Å². The van der Waals surface area contributed by atoms with Crippen LogP contribution < -0.4 is 11.1 Å². The molecule has 0 spiro atoms.